The van der Waals surface area contributed by atoms with E-state index >= 15 is 0 Å². The summed E-state index contributed by atoms with van der Waals surface area (Å²) in [6.07, 6.45) is 0. The van der Waals surface area contributed by atoms with Crippen LogP contribution in [0.3, 0.4) is 0 Å². The third-order valence-electron chi connectivity index (χ3n) is 1.89. The van der Waals surface area contributed by atoms with Gasteiger partial charge in [0.05, 0.1) is 6.48 Å². The first-order valence-corrected chi connectivity index (χ1v) is 8.27. The molecule has 0 spiro atoms. The van der Waals surface area contributed by atoms with Crippen molar-refractivity contribution in [1.29, 1.82) is 0 Å². The van der Waals surface area contributed by atoms with Gasteiger partial charge in [0.2, 0.25) is 0 Å². The standard InChI is InChI=1S/C12H10ClPS/c13-14(11-7-3-1-4-8-11)15-12-9-5-2-6-10-12/h1-10H. The van der Waals surface area contributed by atoms with Gasteiger partial charge in [-0.1, -0.05) is 71.2 Å². The van der Waals surface area contributed by atoms with E-state index in [2.05, 4.69) is 24.3 Å². The van der Waals surface area contributed by atoms with E-state index in [1.165, 1.54) is 10.2 Å². The first-order chi connectivity index (χ1) is 7.36. The zero-order valence-electron chi connectivity index (χ0n) is 8.01. The molecule has 0 nitrogen and oxygen atoms in total. The van der Waals surface area contributed by atoms with E-state index in [0.29, 0.717) is 0 Å². The normalized spacial score (nSPS) is 12.3. The van der Waals surface area contributed by atoms with E-state index in [0.717, 1.165) is 0 Å². The van der Waals surface area contributed by atoms with Gasteiger partial charge < -0.3 is 0 Å². The van der Waals surface area contributed by atoms with Crippen LogP contribution in [0.2, 0.25) is 0 Å². The first kappa shape index (κ1) is 11.0. The Bertz CT molecular complexity index is 404. The Hall–Kier alpha value is -0.490. The third kappa shape index (κ3) is 3.24. The van der Waals surface area contributed by atoms with Crippen LogP contribution < -0.4 is 5.30 Å². The molecule has 1 unspecified atom stereocenters. The molecule has 0 bridgehead atoms. The Morgan fingerprint density at radius 1 is 0.800 bits per heavy atom. The zero-order chi connectivity index (χ0) is 10.5. The van der Waals surface area contributed by atoms with Crippen LogP contribution in [0.25, 0.3) is 0 Å². The average molecular weight is 253 g/mol. The van der Waals surface area contributed by atoms with Crippen molar-refractivity contribution in [2.45, 2.75) is 4.90 Å². The van der Waals surface area contributed by atoms with Crippen LogP contribution in [-0.4, -0.2) is 0 Å². The molecule has 0 radical (unpaired) electrons. The molecule has 2 aromatic rings. The lowest BCUT2D eigenvalue weighted by molar-refractivity contribution is 1.48. The van der Waals surface area contributed by atoms with Crippen molar-refractivity contribution in [3.63, 3.8) is 0 Å². The Balaban J connectivity index is 2.08. The fourth-order valence-corrected chi connectivity index (χ4v) is 4.80. The molecule has 3 heteroatoms. The predicted octanol–water partition coefficient (Wildman–Crippen LogP) is 4.65. The zero-order valence-corrected chi connectivity index (χ0v) is 10.5. The van der Waals surface area contributed by atoms with E-state index in [-0.39, 0.29) is 0 Å². The largest absolute Gasteiger partial charge is 0.0855 e. The highest BCUT2D eigenvalue weighted by molar-refractivity contribution is 8.65. The van der Waals surface area contributed by atoms with Gasteiger partial charge in [-0.3, -0.25) is 0 Å². The van der Waals surface area contributed by atoms with Crippen molar-refractivity contribution >= 4 is 34.4 Å². The number of benzene rings is 2. The minimum absolute atomic E-state index is 0.663. The summed E-state index contributed by atoms with van der Waals surface area (Å²) in [6, 6.07) is 20.5. The highest BCUT2D eigenvalue weighted by Crippen LogP contribution is 2.56. The van der Waals surface area contributed by atoms with E-state index < -0.39 is 6.48 Å². The summed E-state index contributed by atoms with van der Waals surface area (Å²) < 4.78 is 0. The first-order valence-electron chi connectivity index (χ1n) is 4.60. The van der Waals surface area contributed by atoms with Crippen LogP contribution in [0.4, 0.5) is 0 Å². The summed E-state index contributed by atoms with van der Waals surface area (Å²) in [7, 11) is 0. The molecular formula is C12H10ClPS. The molecule has 0 saturated carbocycles. The molecule has 0 N–H and O–H groups in total. The second-order valence-electron chi connectivity index (χ2n) is 2.98. The molecular weight excluding hydrogens is 243 g/mol. The number of halogens is 1. The van der Waals surface area contributed by atoms with Crippen LogP contribution in [0.5, 0.6) is 0 Å². The molecule has 0 saturated heterocycles. The van der Waals surface area contributed by atoms with Gasteiger partial charge in [0.15, 0.2) is 0 Å². The third-order valence-corrected chi connectivity index (χ3v) is 6.19. The Kier molecular flexibility index (Phi) is 4.08. The molecule has 0 aliphatic rings. The SMILES string of the molecule is ClP(Sc1ccccc1)c1ccccc1. The van der Waals surface area contributed by atoms with Crippen molar-refractivity contribution in [2.75, 3.05) is 0 Å². The molecule has 76 valence electrons. The minimum Gasteiger partial charge on any atom is -0.0784 e. The van der Waals surface area contributed by atoms with Crippen LogP contribution in [0, 0.1) is 0 Å². The second kappa shape index (κ2) is 5.55. The highest BCUT2D eigenvalue weighted by Gasteiger charge is 2.08. The van der Waals surface area contributed by atoms with Crippen molar-refractivity contribution < 1.29 is 0 Å². The van der Waals surface area contributed by atoms with Crippen LogP contribution in [0.1, 0.15) is 0 Å². The summed E-state index contributed by atoms with van der Waals surface area (Å²) in [4.78, 5) is 1.22. The lowest BCUT2D eigenvalue weighted by Gasteiger charge is -2.08. The maximum absolute atomic E-state index is 6.37. The summed E-state index contributed by atoms with van der Waals surface area (Å²) in [5, 5.41) is 1.21. The fraction of sp³-hybridized carbons (Fsp3) is 0. The van der Waals surface area contributed by atoms with E-state index in [9.17, 15) is 0 Å². The van der Waals surface area contributed by atoms with Gasteiger partial charge >= 0.3 is 0 Å². The Labute approximate surface area is 100.0 Å². The lowest BCUT2D eigenvalue weighted by atomic mass is 10.4. The number of rotatable bonds is 3. The monoisotopic (exact) mass is 252 g/mol. The smallest absolute Gasteiger partial charge is 0.0784 e. The van der Waals surface area contributed by atoms with Crippen molar-refractivity contribution in [3.05, 3.63) is 60.7 Å². The molecule has 1 atom stereocenters. The summed E-state index contributed by atoms with van der Waals surface area (Å²) in [5.74, 6) is 0. The Morgan fingerprint density at radius 2 is 1.33 bits per heavy atom. The van der Waals surface area contributed by atoms with E-state index in [4.69, 9.17) is 11.2 Å². The summed E-state index contributed by atoms with van der Waals surface area (Å²) in [6.45, 7) is -0.663. The fourth-order valence-electron chi connectivity index (χ4n) is 1.17. The molecule has 0 aliphatic heterocycles. The van der Waals surface area contributed by atoms with Gasteiger partial charge in [-0.2, -0.15) is 0 Å². The lowest BCUT2D eigenvalue weighted by Crippen LogP contribution is -1.92. The van der Waals surface area contributed by atoms with E-state index in [1.807, 2.05) is 36.4 Å². The van der Waals surface area contributed by atoms with Crippen LogP contribution in [0.15, 0.2) is 65.6 Å². The highest BCUT2D eigenvalue weighted by atomic mass is 35.7. The molecule has 2 rings (SSSR count). The predicted molar refractivity (Wildman–Crippen MR) is 71.1 cm³/mol. The van der Waals surface area contributed by atoms with Crippen LogP contribution in [-0.2, 0) is 0 Å². The molecule has 0 amide bonds. The van der Waals surface area contributed by atoms with Gasteiger partial charge in [-0.15, -0.1) is 0 Å². The molecule has 0 fully saturated rings. The van der Waals surface area contributed by atoms with Crippen molar-refractivity contribution in [3.8, 4) is 0 Å². The van der Waals surface area contributed by atoms with Crippen LogP contribution >= 0.6 is 29.1 Å². The maximum Gasteiger partial charge on any atom is 0.0855 e. The average Bonchev–Trinajstić information content (AvgIpc) is 2.31. The number of hydrogen-bond donors (Lipinski definition) is 0. The Morgan fingerprint density at radius 3 is 1.93 bits per heavy atom. The van der Waals surface area contributed by atoms with Crippen molar-refractivity contribution in [2.24, 2.45) is 0 Å². The summed E-state index contributed by atoms with van der Waals surface area (Å²) >= 11 is 8.10. The minimum atomic E-state index is -0.663. The van der Waals surface area contributed by atoms with Gasteiger partial charge in [0.25, 0.3) is 0 Å². The van der Waals surface area contributed by atoms with E-state index in [1.54, 1.807) is 11.4 Å². The maximum atomic E-state index is 6.37. The molecule has 0 aliphatic carbocycles. The quantitative estimate of drug-likeness (QED) is 0.717. The topological polar surface area (TPSA) is 0 Å². The van der Waals surface area contributed by atoms with Crippen molar-refractivity contribution in [1.82, 2.24) is 0 Å². The molecule has 2 aromatic carbocycles. The molecule has 0 aromatic heterocycles. The van der Waals surface area contributed by atoms with Gasteiger partial charge in [-0.05, 0) is 12.1 Å². The van der Waals surface area contributed by atoms with Gasteiger partial charge in [-0.25, -0.2) is 0 Å². The van der Waals surface area contributed by atoms with Gasteiger partial charge in [0, 0.05) is 10.2 Å². The molecule has 15 heavy (non-hydrogen) atoms. The number of hydrogen-bond acceptors (Lipinski definition) is 1. The second-order valence-corrected chi connectivity index (χ2v) is 7.90. The summed E-state index contributed by atoms with van der Waals surface area (Å²) in [5.41, 5.74) is 0. The van der Waals surface area contributed by atoms with Gasteiger partial charge in [0.1, 0.15) is 0 Å². The molecule has 0 heterocycles.